The molecule has 1 aliphatic rings. The Morgan fingerprint density at radius 1 is 1.35 bits per heavy atom. The summed E-state index contributed by atoms with van der Waals surface area (Å²) in [5.41, 5.74) is 1.07. The van der Waals surface area contributed by atoms with Crippen molar-refractivity contribution in [2.24, 2.45) is 0 Å². The van der Waals surface area contributed by atoms with Crippen LogP contribution < -0.4 is 10.1 Å². The van der Waals surface area contributed by atoms with Gasteiger partial charge in [-0.1, -0.05) is 12.1 Å². The van der Waals surface area contributed by atoms with E-state index >= 15 is 0 Å². The lowest BCUT2D eigenvalue weighted by Gasteiger charge is -2.32. The number of hydrogen-bond donors (Lipinski definition) is 1. The van der Waals surface area contributed by atoms with Crippen molar-refractivity contribution in [2.75, 3.05) is 26.8 Å². The highest BCUT2D eigenvalue weighted by atomic mass is 16.5. The standard InChI is InChI=1S/C19H24N4O3/c1-23(12-15-5-4-8-20-11-15)13-18(24)22-16-14-25-10-7-17(16)26-19-6-2-3-9-21-19/h2-6,8-9,11,16-17H,7,10,12-14H2,1H3,(H,22,24)/t16-,17-/m1/s1. The minimum atomic E-state index is -0.190. The monoisotopic (exact) mass is 356 g/mol. The summed E-state index contributed by atoms with van der Waals surface area (Å²) < 4.78 is 11.5. The van der Waals surface area contributed by atoms with E-state index in [9.17, 15) is 4.79 Å². The number of rotatable bonds is 7. The number of aromatic nitrogens is 2. The number of nitrogens with one attached hydrogen (secondary N) is 1. The first kappa shape index (κ1) is 18.3. The zero-order valence-corrected chi connectivity index (χ0v) is 14.9. The maximum absolute atomic E-state index is 12.4. The molecule has 2 atom stereocenters. The van der Waals surface area contributed by atoms with Crippen LogP contribution in [0.25, 0.3) is 0 Å². The van der Waals surface area contributed by atoms with Gasteiger partial charge in [-0.2, -0.15) is 0 Å². The predicted octanol–water partition coefficient (Wildman–Crippen LogP) is 1.26. The summed E-state index contributed by atoms with van der Waals surface area (Å²) >= 11 is 0. The van der Waals surface area contributed by atoms with Crippen molar-refractivity contribution in [3.05, 3.63) is 54.5 Å². The molecule has 0 radical (unpaired) electrons. The molecule has 1 amide bonds. The molecular formula is C19H24N4O3. The molecular weight excluding hydrogens is 332 g/mol. The van der Waals surface area contributed by atoms with Gasteiger partial charge in [0, 0.05) is 37.6 Å². The van der Waals surface area contributed by atoms with Crippen LogP contribution in [0.5, 0.6) is 5.88 Å². The van der Waals surface area contributed by atoms with Crippen LogP contribution in [0.15, 0.2) is 48.9 Å². The average Bonchev–Trinajstić information content (AvgIpc) is 2.65. The average molecular weight is 356 g/mol. The first-order valence-electron chi connectivity index (χ1n) is 8.73. The van der Waals surface area contributed by atoms with Gasteiger partial charge >= 0.3 is 0 Å². The maximum atomic E-state index is 12.4. The molecule has 0 saturated carbocycles. The number of nitrogens with zero attached hydrogens (tertiary/aromatic N) is 3. The van der Waals surface area contributed by atoms with Gasteiger partial charge in [0.15, 0.2) is 0 Å². The normalized spacial score (nSPS) is 19.9. The highest BCUT2D eigenvalue weighted by Gasteiger charge is 2.29. The fraction of sp³-hybridized carbons (Fsp3) is 0.421. The molecule has 0 aliphatic carbocycles. The van der Waals surface area contributed by atoms with E-state index in [0.29, 0.717) is 38.6 Å². The first-order chi connectivity index (χ1) is 12.7. The molecule has 0 spiro atoms. The molecule has 0 bridgehead atoms. The van der Waals surface area contributed by atoms with Gasteiger partial charge in [0.2, 0.25) is 11.8 Å². The zero-order valence-electron chi connectivity index (χ0n) is 14.9. The van der Waals surface area contributed by atoms with Crippen molar-refractivity contribution in [3.8, 4) is 5.88 Å². The van der Waals surface area contributed by atoms with Crippen molar-refractivity contribution in [2.45, 2.75) is 25.1 Å². The molecule has 1 N–H and O–H groups in total. The molecule has 0 aromatic carbocycles. The van der Waals surface area contributed by atoms with Gasteiger partial charge in [-0.25, -0.2) is 4.98 Å². The number of hydrogen-bond acceptors (Lipinski definition) is 6. The lowest BCUT2D eigenvalue weighted by molar-refractivity contribution is -0.125. The second kappa shape index (κ2) is 9.26. The number of ether oxygens (including phenoxy) is 2. The molecule has 0 unspecified atom stereocenters. The van der Waals surface area contributed by atoms with Gasteiger partial charge in [-0.3, -0.25) is 14.7 Å². The van der Waals surface area contributed by atoms with E-state index in [1.54, 1.807) is 18.6 Å². The fourth-order valence-electron chi connectivity index (χ4n) is 2.92. The van der Waals surface area contributed by atoms with Crippen LogP contribution in [-0.2, 0) is 16.1 Å². The lowest BCUT2D eigenvalue weighted by atomic mass is 10.1. The Bertz CT molecular complexity index is 684. The van der Waals surface area contributed by atoms with Crippen LogP contribution in [0, 0.1) is 0 Å². The summed E-state index contributed by atoms with van der Waals surface area (Å²) in [6, 6.07) is 9.23. The van der Waals surface area contributed by atoms with Crippen molar-refractivity contribution in [1.82, 2.24) is 20.2 Å². The Labute approximate surface area is 153 Å². The number of pyridine rings is 2. The molecule has 26 heavy (non-hydrogen) atoms. The molecule has 1 saturated heterocycles. The molecule has 138 valence electrons. The summed E-state index contributed by atoms with van der Waals surface area (Å²) in [7, 11) is 1.91. The van der Waals surface area contributed by atoms with E-state index in [1.807, 2.05) is 42.3 Å². The van der Waals surface area contributed by atoms with Gasteiger partial charge in [0.25, 0.3) is 0 Å². The highest BCUT2D eigenvalue weighted by molar-refractivity contribution is 5.78. The second-order valence-electron chi connectivity index (χ2n) is 6.40. The molecule has 7 heteroatoms. The van der Waals surface area contributed by atoms with E-state index in [0.717, 1.165) is 5.56 Å². The van der Waals surface area contributed by atoms with Crippen LogP contribution >= 0.6 is 0 Å². The Hall–Kier alpha value is -2.51. The third kappa shape index (κ3) is 5.50. The third-order valence-electron chi connectivity index (χ3n) is 4.14. The maximum Gasteiger partial charge on any atom is 0.234 e. The summed E-state index contributed by atoms with van der Waals surface area (Å²) in [5.74, 6) is 0.508. The van der Waals surface area contributed by atoms with Gasteiger partial charge < -0.3 is 14.8 Å². The number of amides is 1. The van der Waals surface area contributed by atoms with E-state index in [-0.39, 0.29) is 18.1 Å². The van der Waals surface area contributed by atoms with E-state index in [4.69, 9.17) is 9.47 Å². The number of likely N-dealkylation sites (N-methyl/N-ethyl adjacent to an activating group) is 1. The minimum absolute atomic E-state index is 0.0542. The van der Waals surface area contributed by atoms with Gasteiger partial charge in [0.1, 0.15) is 6.10 Å². The zero-order chi connectivity index (χ0) is 18.2. The summed E-state index contributed by atoms with van der Waals surface area (Å²) in [6.07, 6.45) is 5.80. The van der Waals surface area contributed by atoms with Crippen molar-refractivity contribution in [3.63, 3.8) is 0 Å². The predicted molar refractivity (Wildman–Crippen MR) is 96.6 cm³/mol. The fourth-order valence-corrected chi connectivity index (χ4v) is 2.92. The van der Waals surface area contributed by atoms with Crippen LogP contribution in [-0.4, -0.2) is 59.7 Å². The quantitative estimate of drug-likeness (QED) is 0.805. The minimum Gasteiger partial charge on any atom is -0.472 e. The van der Waals surface area contributed by atoms with E-state index < -0.39 is 0 Å². The Morgan fingerprint density at radius 2 is 2.27 bits per heavy atom. The molecule has 7 nitrogen and oxygen atoms in total. The second-order valence-corrected chi connectivity index (χ2v) is 6.40. The van der Waals surface area contributed by atoms with Crippen molar-refractivity contribution in [1.29, 1.82) is 0 Å². The topological polar surface area (TPSA) is 76.6 Å². The lowest BCUT2D eigenvalue weighted by Crippen LogP contribution is -2.53. The van der Waals surface area contributed by atoms with E-state index in [2.05, 4.69) is 15.3 Å². The molecule has 1 fully saturated rings. The summed E-state index contributed by atoms with van der Waals surface area (Å²) in [6.45, 7) is 2.01. The Balaban J connectivity index is 1.51. The summed E-state index contributed by atoms with van der Waals surface area (Å²) in [5, 5.41) is 3.03. The van der Waals surface area contributed by atoms with Crippen LogP contribution in [0.1, 0.15) is 12.0 Å². The smallest absolute Gasteiger partial charge is 0.234 e. The SMILES string of the molecule is CN(CC(=O)N[C@@H]1COCC[C@H]1Oc1ccccn1)Cc1cccnc1. The molecule has 3 heterocycles. The highest BCUT2D eigenvalue weighted by Crippen LogP contribution is 2.16. The summed E-state index contributed by atoms with van der Waals surface area (Å²) in [4.78, 5) is 22.6. The number of carbonyl (C=O) groups excluding carboxylic acids is 1. The molecule has 2 aromatic heterocycles. The largest absolute Gasteiger partial charge is 0.472 e. The Morgan fingerprint density at radius 3 is 3.04 bits per heavy atom. The molecule has 2 aromatic rings. The first-order valence-corrected chi connectivity index (χ1v) is 8.73. The number of carbonyl (C=O) groups is 1. The van der Waals surface area contributed by atoms with Gasteiger partial charge in [-0.05, 0) is 24.7 Å². The van der Waals surface area contributed by atoms with Crippen molar-refractivity contribution >= 4 is 5.91 Å². The molecule has 3 rings (SSSR count). The van der Waals surface area contributed by atoms with Crippen molar-refractivity contribution < 1.29 is 14.3 Å². The van der Waals surface area contributed by atoms with Crippen LogP contribution in [0.4, 0.5) is 0 Å². The van der Waals surface area contributed by atoms with Crippen LogP contribution in [0.3, 0.4) is 0 Å². The van der Waals surface area contributed by atoms with Gasteiger partial charge in [-0.15, -0.1) is 0 Å². The molecule has 1 aliphatic heterocycles. The van der Waals surface area contributed by atoms with Gasteiger partial charge in [0.05, 0.1) is 25.8 Å². The van der Waals surface area contributed by atoms with Crippen LogP contribution in [0.2, 0.25) is 0 Å². The third-order valence-corrected chi connectivity index (χ3v) is 4.14. The Kier molecular flexibility index (Phi) is 6.51. The van der Waals surface area contributed by atoms with E-state index in [1.165, 1.54) is 0 Å².